The van der Waals surface area contributed by atoms with Gasteiger partial charge in [0.1, 0.15) is 0 Å². The Labute approximate surface area is 720 Å². The average Bonchev–Trinajstić information content (AvgIpc) is 0.749. The second-order valence-electron chi connectivity index (χ2n) is 31.1. The van der Waals surface area contributed by atoms with Crippen molar-refractivity contribution in [3.05, 3.63) is 516 Å². The van der Waals surface area contributed by atoms with Crippen LogP contribution in [0.3, 0.4) is 0 Å². The summed E-state index contributed by atoms with van der Waals surface area (Å²) in [5.41, 5.74) is 43.2. The fourth-order valence-corrected chi connectivity index (χ4v) is 15.7. The normalized spacial score (nSPS) is 10.6. The lowest BCUT2D eigenvalue weighted by Crippen LogP contribution is -1.96. The summed E-state index contributed by atoms with van der Waals surface area (Å²) in [5, 5.41) is 0. The Bertz CT molecular complexity index is 5970. The topological polar surface area (TPSA) is 0 Å². The molecule has 0 bridgehead atoms. The van der Waals surface area contributed by atoms with Gasteiger partial charge in [0.15, 0.2) is 0 Å². The Morgan fingerprint density at radius 2 is 0.273 bits per heavy atom. The van der Waals surface area contributed by atoms with Crippen LogP contribution in [0.15, 0.2) is 449 Å². The van der Waals surface area contributed by atoms with Crippen molar-refractivity contribution in [2.75, 3.05) is 0 Å². The lowest BCUT2D eigenvalue weighted by atomic mass is 9.81. The van der Waals surface area contributed by atoms with Gasteiger partial charge in [-0.25, -0.2) is 0 Å². The fourth-order valence-electron chi connectivity index (χ4n) is 15.7. The van der Waals surface area contributed by atoms with E-state index in [2.05, 4.69) is 490 Å². The van der Waals surface area contributed by atoms with Crippen LogP contribution in [0, 0.1) is 27.7 Å². The highest BCUT2D eigenvalue weighted by molar-refractivity contribution is 6.04. The van der Waals surface area contributed by atoms with Crippen molar-refractivity contribution in [2.24, 2.45) is 0 Å². The predicted octanol–water partition coefficient (Wildman–Crippen LogP) is 33.2. The van der Waals surface area contributed by atoms with Crippen molar-refractivity contribution in [3.8, 4) is 122 Å². The zero-order valence-corrected chi connectivity index (χ0v) is 71.3. The summed E-state index contributed by atoms with van der Waals surface area (Å²) in [6, 6.07) is 163. The van der Waals surface area contributed by atoms with E-state index in [1.807, 2.05) is 13.8 Å². The molecule has 18 aromatic carbocycles. The van der Waals surface area contributed by atoms with E-state index in [1.54, 1.807) is 0 Å². The molecule has 0 heteroatoms. The number of hydrogen-bond acceptors (Lipinski definition) is 0. The van der Waals surface area contributed by atoms with E-state index in [-0.39, 0.29) is 0 Å². The Hall–Kier alpha value is -14.0. The second-order valence-corrected chi connectivity index (χ2v) is 31.1. The Morgan fingerprint density at radius 1 is 0.132 bits per heavy atom. The SMILES string of the molecule is CC.CCc1ccc(-c2ccc(Cc3ccc(-c4ccc(C)cc4)cc3)cc2)cc1.CCc1ccc(-c2ccc(Cc3ccc(Cc4ccc(C)cc4)cc3)cc2)cc1.Cc1ccc(C)cc1.c1ccc(-c2ccc(-c3ccccc3)c(-c3ccc(-c4c(-c5ccccc5)ccc(-c5ccccc5)c4-c4ccccc4)cc3)c2-c2ccccc2)cc1. The largest absolute Gasteiger partial charge is 0.0683 e. The van der Waals surface area contributed by atoms with Crippen molar-refractivity contribution < 1.29 is 0 Å². The summed E-state index contributed by atoms with van der Waals surface area (Å²) in [6.45, 7) is 16.8. The Balaban J connectivity index is 0.000000151. The first-order chi connectivity index (χ1) is 59.5. The van der Waals surface area contributed by atoms with Gasteiger partial charge in [-0.2, -0.15) is 0 Å². The van der Waals surface area contributed by atoms with E-state index < -0.39 is 0 Å². The van der Waals surface area contributed by atoms with Crippen molar-refractivity contribution in [1.82, 2.24) is 0 Å². The second kappa shape index (κ2) is 41.9. The first-order valence-electron chi connectivity index (χ1n) is 43.0. The Morgan fingerprint density at radius 3 is 0.479 bits per heavy atom. The molecule has 0 aliphatic carbocycles. The van der Waals surface area contributed by atoms with E-state index in [0.717, 1.165) is 32.1 Å². The molecule has 18 aromatic rings. The lowest BCUT2D eigenvalue weighted by molar-refractivity contribution is 1.14. The minimum atomic E-state index is 0.962. The third-order valence-corrected chi connectivity index (χ3v) is 22.6. The van der Waals surface area contributed by atoms with E-state index in [9.17, 15) is 0 Å². The van der Waals surface area contributed by atoms with Gasteiger partial charge in [-0.05, 0) is 227 Å². The highest BCUT2D eigenvalue weighted by Gasteiger charge is 2.23. The quantitative estimate of drug-likeness (QED) is 0.0757. The van der Waals surface area contributed by atoms with Gasteiger partial charge < -0.3 is 0 Å². The van der Waals surface area contributed by atoms with E-state index in [4.69, 9.17) is 0 Å². The molecule has 0 fully saturated rings. The maximum atomic E-state index is 2.33. The minimum absolute atomic E-state index is 0.962. The van der Waals surface area contributed by atoms with Crippen molar-refractivity contribution in [2.45, 2.75) is 87.5 Å². The first kappa shape index (κ1) is 83.5. The van der Waals surface area contributed by atoms with Crippen molar-refractivity contribution in [3.63, 3.8) is 0 Å². The molecule has 0 heterocycles. The molecule has 18 rings (SSSR count). The summed E-state index contributed by atoms with van der Waals surface area (Å²) in [5.74, 6) is 0. The van der Waals surface area contributed by atoms with Crippen LogP contribution < -0.4 is 0 Å². The molecule has 0 aliphatic rings. The number of rotatable bonds is 19. The van der Waals surface area contributed by atoms with Crippen LogP contribution in [0.2, 0.25) is 0 Å². The summed E-state index contributed by atoms with van der Waals surface area (Å²) in [4.78, 5) is 0. The van der Waals surface area contributed by atoms with E-state index in [1.165, 1.54) is 189 Å². The molecule has 0 aromatic heterocycles. The van der Waals surface area contributed by atoms with Gasteiger partial charge in [0.2, 0.25) is 0 Å². The summed E-state index contributed by atoms with van der Waals surface area (Å²) in [7, 11) is 0. The van der Waals surface area contributed by atoms with Gasteiger partial charge >= 0.3 is 0 Å². The first-order valence-corrected chi connectivity index (χ1v) is 43.0. The van der Waals surface area contributed by atoms with Gasteiger partial charge in [0, 0.05) is 0 Å². The predicted molar refractivity (Wildman–Crippen MR) is 522 cm³/mol. The van der Waals surface area contributed by atoms with Crippen LogP contribution in [-0.2, 0) is 32.1 Å². The lowest BCUT2D eigenvalue weighted by Gasteiger charge is -2.22. The summed E-state index contributed by atoms with van der Waals surface area (Å²) >= 11 is 0. The number of benzene rings is 18. The van der Waals surface area contributed by atoms with Gasteiger partial charge in [-0.1, -0.05) is 499 Å². The van der Waals surface area contributed by atoms with Crippen LogP contribution in [0.4, 0.5) is 0 Å². The zero-order valence-electron chi connectivity index (χ0n) is 71.3. The number of hydrogen-bond donors (Lipinski definition) is 0. The highest BCUT2D eigenvalue weighted by atomic mass is 14.3. The smallest absolute Gasteiger partial charge is 0.00206 e. The van der Waals surface area contributed by atoms with Crippen LogP contribution >= 0.6 is 0 Å². The molecule has 0 saturated heterocycles. The van der Waals surface area contributed by atoms with Gasteiger partial charge in [-0.3, -0.25) is 0 Å². The molecule has 0 amide bonds. The molecule has 0 aliphatic heterocycles. The fraction of sp³-hybridized carbons (Fsp3) is 0.107. The minimum Gasteiger partial charge on any atom is -0.0683 e. The molecule has 0 nitrogen and oxygen atoms in total. The third kappa shape index (κ3) is 22.0. The molecule has 0 N–H and O–H groups in total. The van der Waals surface area contributed by atoms with Gasteiger partial charge in [0.25, 0.3) is 0 Å². The van der Waals surface area contributed by atoms with Crippen LogP contribution in [0.5, 0.6) is 0 Å². The number of aryl methyl sites for hydroxylation is 6. The standard InChI is InChI=1S/C54H38.C29H28.C28H26.C8H10.C2H6/c1-7-19-39(20-8-1)47-35-37-49(41-23-11-3-12-24-41)53(51(47)43-27-15-5-16-28-43)45-31-33-46(34-32-45)54-50(42-25-13-4-14-26-42)38-36-48(40-21-9-2-10-22-40)52(54)44-29-17-6-18-30-44;1-3-23-12-16-28(17-13-23)29-18-14-27(15-19-29)21-26-10-8-25(9-11-26)20-24-6-4-22(2)5-7-24;1-3-22-6-14-26(15-7-22)28-18-10-24(11-19-28)20-23-8-16-27(17-9-23)25-12-4-21(2)5-13-25;1-7-3-5-8(2)6-4-7;1-2/h1-38H;4-19H,3,20-21H2,1-2H3;4-19H,3,20H2,1-2H3;3-6H,1-2H3;1-2H3. The molecular formula is C121H108. The molecular weight excluding hydrogens is 1450 g/mol. The summed E-state index contributed by atoms with van der Waals surface area (Å²) < 4.78 is 0. The molecule has 0 unspecified atom stereocenters. The molecule has 0 spiro atoms. The maximum absolute atomic E-state index is 2.33. The average molecular weight is 1560 g/mol. The van der Waals surface area contributed by atoms with Crippen LogP contribution in [0.25, 0.3) is 122 Å². The van der Waals surface area contributed by atoms with Gasteiger partial charge in [0.05, 0.1) is 0 Å². The molecule has 592 valence electrons. The molecule has 0 radical (unpaired) electrons. The zero-order chi connectivity index (χ0) is 83.5. The maximum Gasteiger partial charge on any atom is -0.00206 e. The summed E-state index contributed by atoms with van der Waals surface area (Å²) in [6.07, 6.45) is 5.10. The molecule has 0 saturated carbocycles. The highest BCUT2D eigenvalue weighted by Crippen LogP contribution is 2.49. The van der Waals surface area contributed by atoms with Crippen molar-refractivity contribution >= 4 is 0 Å². The van der Waals surface area contributed by atoms with Crippen molar-refractivity contribution in [1.29, 1.82) is 0 Å². The third-order valence-electron chi connectivity index (χ3n) is 22.6. The Kier molecular flexibility index (Phi) is 28.9. The van der Waals surface area contributed by atoms with E-state index in [0.29, 0.717) is 0 Å². The van der Waals surface area contributed by atoms with E-state index >= 15 is 0 Å². The van der Waals surface area contributed by atoms with Crippen LogP contribution in [0.1, 0.15) is 94.5 Å². The molecule has 121 heavy (non-hydrogen) atoms. The van der Waals surface area contributed by atoms with Gasteiger partial charge in [-0.15, -0.1) is 0 Å². The molecule has 0 atom stereocenters. The monoisotopic (exact) mass is 1560 g/mol. The van der Waals surface area contributed by atoms with Crippen LogP contribution in [-0.4, -0.2) is 0 Å².